The Morgan fingerprint density at radius 2 is 1.77 bits per heavy atom. The van der Waals surface area contributed by atoms with Crippen molar-refractivity contribution >= 4 is 27.6 Å². The molecule has 1 amide bonds. The van der Waals surface area contributed by atoms with Gasteiger partial charge in [-0.3, -0.25) is 9.59 Å². The average Bonchev–Trinajstić information content (AvgIpc) is 2.70. The molecule has 2 aromatic carbocycles. The first-order valence-corrected chi connectivity index (χ1v) is 10.8. The molecule has 0 aliphatic rings. The number of hydrogen-bond donors (Lipinski definition) is 2. The van der Waals surface area contributed by atoms with Crippen LogP contribution in [-0.2, 0) is 24.3 Å². The van der Waals surface area contributed by atoms with Gasteiger partial charge in [0.05, 0.1) is 24.1 Å². The summed E-state index contributed by atoms with van der Waals surface area (Å²) in [5.41, 5.74) is 2.29. The van der Waals surface area contributed by atoms with E-state index in [4.69, 9.17) is 9.47 Å². The first kappa shape index (κ1) is 23.4. The topological polar surface area (TPSA) is 111 Å². The predicted molar refractivity (Wildman–Crippen MR) is 113 cm³/mol. The Hall–Kier alpha value is -2.91. The third kappa shape index (κ3) is 6.30. The Morgan fingerprint density at radius 1 is 1.07 bits per heavy atom. The van der Waals surface area contributed by atoms with Crippen LogP contribution in [0, 0.1) is 13.8 Å². The maximum absolute atomic E-state index is 12.3. The van der Waals surface area contributed by atoms with Crippen molar-refractivity contribution in [1.82, 2.24) is 4.72 Å². The van der Waals surface area contributed by atoms with Gasteiger partial charge in [-0.05, 0) is 56.2 Å². The van der Waals surface area contributed by atoms with Crippen LogP contribution in [0.5, 0.6) is 5.75 Å². The zero-order valence-corrected chi connectivity index (χ0v) is 18.2. The Balaban J connectivity index is 1.84. The van der Waals surface area contributed by atoms with Gasteiger partial charge in [-0.15, -0.1) is 0 Å². The number of hydrogen-bond acceptors (Lipinski definition) is 6. The van der Waals surface area contributed by atoms with Crippen molar-refractivity contribution in [3.05, 3.63) is 53.6 Å². The van der Waals surface area contributed by atoms with Crippen molar-refractivity contribution < 1.29 is 27.5 Å². The quantitative estimate of drug-likeness (QED) is 0.587. The number of nitrogens with one attached hydrogen (secondary N) is 2. The van der Waals surface area contributed by atoms with Crippen molar-refractivity contribution in [2.45, 2.75) is 38.2 Å². The van der Waals surface area contributed by atoms with Crippen molar-refractivity contribution in [2.75, 3.05) is 19.0 Å². The second-order valence-electron chi connectivity index (χ2n) is 6.72. The van der Waals surface area contributed by atoms with Crippen LogP contribution in [0.3, 0.4) is 0 Å². The van der Waals surface area contributed by atoms with E-state index < -0.39 is 28.0 Å². The van der Waals surface area contributed by atoms with Crippen LogP contribution < -0.4 is 14.8 Å². The molecule has 0 aliphatic carbocycles. The SMILES string of the molecule is COc1ccccc1NC(=O)[C@H](C)OC(=O)CCNS(=O)(=O)c1ccc(C)c(C)c1. The van der Waals surface area contributed by atoms with Gasteiger partial charge in [0.15, 0.2) is 6.10 Å². The number of methoxy groups -OCH3 is 1. The summed E-state index contributed by atoms with van der Waals surface area (Å²) in [6.45, 7) is 5.00. The Kier molecular flexibility index (Phi) is 7.96. The summed E-state index contributed by atoms with van der Waals surface area (Å²) in [7, 11) is -2.26. The molecule has 0 unspecified atom stereocenters. The smallest absolute Gasteiger partial charge is 0.307 e. The molecule has 2 aromatic rings. The zero-order chi connectivity index (χ0) is 22.3. The molecule has 2 rings (SSSR count). The summed E-state index contributed by atoms with van der Waals surface area (Å²) in [5.74, 6) is -0.742. The number of anilines is 1. The second kappa shape index (κ2) is 10.2. The molecule has 0 fully saturated rings. The van der Waals surface area contributed by atoms with Crippen molar-refractivity contribution in [1.29, 1.82) is 0 Å². The Bertz CT molecular complexity index is 1020. The Morgan fingerprint density at radius 3 is 2.43 bits per heavy atom. The predicted octanol–water partition coefficient (Wildman–Crippen LogP) is 2.55. The molecule has 8 nitrogen and oxygen atoms in total. The zero-order valence-electron chi connectivity index (χ0n) is 17.4. The van der Waals surface area contributed by atoms with Gasteiger partial charge in [-0.1, -0.05) is 18.2 Å². The highest BCUT2D eigenvalue weighted by molar-refractivity contribution is 7.89. The molecule has 1 atom stereocenters. The number of carbonyl (C=O) groups excluding carboxylic acids is 2. The highest BCUT2D eigenvalue weighted by Gasteiger charge is 2.20. The number of aryl methyl sites for hydroxylation is 2. The molecule has 0 radical (unpaired) electrons. The molecule has 0 saturated heterocycles. The summed E-state index contributed by atoms with van der Waals surface area (Å²) in [6.07, 6.45) is -1.27. The number of esters is 1. The molecule has 9 heteroatoms. The lowest BCUT2D eigenvalue weighted by molar-refractivity contribution is -0.152. The molecule has 0 aromatic heterocycles. The van der Waals surface area contributed by atoms with Gasteiger partial charge in [0.25, 0.3) is 5.91 Å². The van der Waals surface area contributed by atoms with E-state index in [-0.39, 0.29) is 17.9 Å². The molecule has 0 aliphatic heterocycles. The summed E-state index contributed by atoms with van der Waals surface area (Å²) in [5, 5.41) is 2.63. The van der Waals surface area contributed by atoms with E-state index in [1.54, 1.807) is 36.4 Å². The second-order valence-corrected chi connectivity index (χ2v) is 8.48. The number of rotatable bonds is 9. The minimum Gasteiger partial charge on any atom is -0.495 e. The van der Waals surface area contributed by atoms with Gasteiger partial charge >= 0.3 is 5.97 Å². The van der Waals surface area contributed by atoms with Crippen LogP contribution >= 0.6 is 0 Å². The number of para-hydroxylation sites is 2. The van der Waals surface area contributed by atoms with E-state index >= 15 is 0 Å². The van der Waals surface area contributed by atoms with Gasteiger partial charge in [-0.25, -0.2) is 13.1 Å². The molecular formula is C21H26N2O6S. The van der Waals surface area contributed by atoms with Crippen LogP contribution in [0.25, 0.3) is 0 Å². The molecule has 0 spiro atoms. The lowest BCUT2D eigenvalue weighted by Gasteiger charge is -2.15. The number of benzene rings is 2. The molecule has 30 heavy (non-hydrogen) atoms. The van der Waals surface area contributed by atoms with Crippen LogP contribution in [0.15, 0.2) is 47.4 Å². The average molecular weight is 435 g/mol. The van der Waals surface area contributed by atoms with Crippen molar-refractivity contribution in [3.63, 3.8) is 0 Å². The van der Waals surface area contributed by atoms with E-state index in [1.165, 1.54) is 20.1 Å². The lowest BCUT2D eigenvalue weighted by Crippen LogP contribution is -2.32. The third-order valence-electron chi connectivity index (χ3n) is 4.45. The highest BCUT2D eigenvalue weighted by Crippen LogP contribution is 2.23. The summed E-state index contributed by atoms with van der Waals surface area (Å²) in [6, 6.07) is 11.6. The maximum Gasteiger partial charge on any atom is 0.307 e. The number of carbonyl (C=O) groups is 2. The van der Waals surface area contributed by atoms with Crippen LogP contribution in [0.4, 0.5) is 5.69 Å². The summed E-state index contributed by atoms with van der Waals surface area (Å²) < 4.78 is 37.3. The molecule has 0 bridgehead atoms. The fourth-order valence-corrected chi connectivity index (χ4v) is 3.66. The van der Waals surface area contributed by atoms with Gasteiger partial charge in [0, 0.05) is 6.54 Å². The van der Waals surface area contributed by atoms with Crippen LogP contribution in [0.1, 0.15) is 24.5 Å². The highest BCUT2D eigenvalue weighted by atomic mass is 32.2. The van der Waals surface area contributed by atoms with Crippen molar-refractivity contribution in [3.8, 4) is 5.75 Å². The maximum atomic E-state index is 12.3. The van der Waals surface area contributed by atoms with E-state index in [0.29, 0.717) is 11.4 Å². The monoisotopic (exact) mass is 434 g/mol. The molecular weight excluding hydrogens is 408 g/mol. The molecule has 162 valence electrons. The van der Waals surface area contributed by atoms with E-state index in [9.17, 15) is 18.0 Å². The number of sulfonamides is 1. The summed E-state index contributed by atoms with van der Waals surface area (Å²) in [4.78, 5) is 24.4. The van der Waals surface area contributed by atoms with E-state index in [1.807, 2.05) is 13.8 Å². The fraction of sp³-hybridized carbons (Fsp3) is 0.333. The first-order chi connectivity index (χ1) is 14.1. The van der Waals surface area contributed by atoms with Crippen molar-refractivity contribution in [2.24, 2.45) is 0 Å². The summed E-state index contributed by atoms with van der Waals surface area (Å²) >= 11 is 0. The van der Waals surface area contributed by atoms with E-state index in [2.05, 4.69) is 10.0 Å². The Labute approximate surface area is 176 Å². The minimum absolute atomic E-state index is 0.128. The number of ether oxygens (including phenoxy) is 2. The largest absolute Gasteiger partial charge is 0.495 e. The fourth-order valence-electron chi connectivity index (χ4n) is 2.54. The normalized spacial score (nSPS) is 12.1. The molecule has 0 saturated carbocycles. The standard InChI is InChI=1S/C21H26N2O6S/c1-14-9-10-17(13-15(14)2)30(26,27)22-12-11-20(24)29-16(3)21(25)23-18-7-5-6-8-19(18)28-4/h5-10,13,16,22H,11-12H2,1-4H3,(H,23,25)/t16-/m0/s1. The van der Waals surface area contributed by atoms with Gasteiger partial charge in [0.1, 0.15) is 5.75 Å². The van der Waals surface area contributed by atoms with Gasteiger partial charge in [-0.2, -0.15) is 0 Å². The minimum atomic E-state index is -3.74. The third-order valence-corrected chi connectivity index (χ3v) is 5.91. The van der Waals surface area contributed by atoms with Gasteiger partial charge in [0.2, 0.25) is 10.0 Å². The van der Waals surface area contributed by atoms with Gasteiger partial charge < -0.3 is 14.8 Å². The molecule has 0 heterocycles. The van der Waals surface area contributed by atoms with Crippen LogP contribution in [0.2, 0.25) is 0 Å². The lowest BCUT2D eigenvalue weighted by atomic mass is 10.1. The number of amides is 1. The van der Waals surface area contributed by atoms with E-state index in [0.717, 1.165) is 11.1 Å². The molecule has 2 N–H and O–H groups in total. The first-order valence-electron chi connectivity index (χ1n) is 9.34. The van der Waals surface area contributed by atoms with Crippen LogP contribution in [-0.4, -0.2) is 40.1 Å².